The summed E-state index contributed by atoms with van der Waals surface area (Å²) in [6.45, 7) is 7.47. The highest BCUT2D eigenvalue weighted by molar-refractivity contribution is 5.85. The van der Waals surface area contributed by atoms with Crippen LogP contribution in [0.4, 0.5) is 0 Å². The number of hydrogen-bond donors (Lipinski definition) is 1. The van der Waals surface area contributed by atoms with Gasteiger partial charge in [-0.05, 0) is 26.0 Å². The largest absolute Gasteiger partial charge is 0.476 e. The summed E-state index contributed by atoms with van der Waals surface area (Å²) < 4.78 is 1.64. The van der Waals surface area contributed by atoms with Gasteiger partial charge in [-0.15, -0.1) is 0 Å². The summed E-state index contributed by atoms with van der Waals surface area (Å²) in [6.07, 6.45) is 1.60. The fraction of sp³-hybridized carbons (Fsp3) is 0.333. The zero-order valence-electron chi connectivity index (χ0n) is 7.69. The first-order valence-electron chi connectivity index (χ1n) is 4.01. The third kappa shape index (κ3) is 1.77. The van der Waals surface area contributed by atoms with E-state index in [2.05, 4.69) is 11.7 Å². The first kappa shape index (κ1) is 9.51. The molecular weight excluding hydrogens is 168 g/mol. The summed E-state index contributed by atoms with van der Waals surface area (Å²) in [4.78, 5) is 10.6. The maximum absolute atomic E-state index is 10.6. The highest BCUT2D eigenvalue weighted by Crippen LogP contribution is 2.12. The van der Waals surface area contributed by atoms with Crippen LogP contribution in [0.2, 0.25) is 0 Å². The quantitative estimate of drug-likeness (QED) is 0.771. The fourth-order valence-electron chi connectivity index (χ4n) is 1.08. The average molecular weight is 180 g/mol. The average Bonchev–Trinajstić information content (AvgIpc) is 2.47. The van der Waals surface area contributed by atoms with Crippen LogP contribution in [0.15, 0.2) is 12.6 Å². The van der Waals surface area contributed by atoms with Gasteiger partial charge in [0.05, 0.1) is 5.69 Å². The Bertz CT molecular complexity index is 339. The normalized spacial score (nSPS) is 10.4. The number of aromatic carboxylic acids is 1. The molecule has 1 rings (SSSR count). The standard InChI is InChI=1S/C9H12N2O2/c1-4-7-5-8(9(12)13)10-11(7)6(2)3/h4-6H,1H2,2-3H3,(H,12,13). The van der Waals surface area contributed by atoms with E-state index in [9.17, 15) is 4.79 Å². The third-order valence-corrected chi connectivity index (χ3v) is 1.68. The van der Waals surface area contributed by atoms with Crippen molar-refractivity contribution >= 4 is 12.0 Å². The van der Waals surface area contributed by atoms with Crippen molar-refractivity contribution in [2.45, 2.75) is 19.9 Å². The summed E-state index contributed by atoms with van der Waals surface area (Å²) in [5.74, 6) is -1.01. The van der Waals surface area contributed by atoms with Crippen LogP contribution < -0.4 is 0 Å². The molecule has 1 aromatic heterocycles. The molecule has 0 saturated carbocycles. The Morgan fingerprint density at radius 1 is 1.77 bits per heavy atom. The summed E-state index contributed by atoms with van der Waals surface area (Å²) in [6, 6.07) is 1.65. The first-order valence-corrected chi connectivity index (χ1v) is 4.01. The Kier molecular flexibility index (Phi) is 2.51. The molecule has 0 aromatic carbocycles. The van der Waals surface area contributed by atoms with Crippen molar-refractivity contribution in [3.05, 3.63) is 24.0 Å². The molecule has 0 bridgehead atoms. The van der Waals surface area contributed by atoms with Crippen molar-refractivity contribution in [2.24, 2.45) is 0 Å². The number of aromatic nitrogens is 2. The summed E-state index contributed by atoms with van der Waals surface area (Å²) in [5.41, 5.74) is 0.788. The predicted molar refractivity (Wildman–Crippen MR) is 49.7 cm³/mol. The molecule has 70 valence electrons. The lowest BCUT2D eigenvalue weighted by atomic mass is 10.3. The zero-order valence-corrected chi connectivity index (χ0v) is 7.69. The molecule has 1 N–H and O–H groups in total. The van der Waals surface area contributed by atoms with Gasteiger partial charge in [-0.2, -0.15) is 5.10 Å². The second-order valence-electron chi connectivity index (χ2n) is 3.00. The van der Waals surface area contributed by atoms with E-state index < -0.39 is 5.97 Å². The van der Waals surface area contributed by atoms with Crippen LogP contribution in [0.25, 0.3) is 6.08 Å². The molecule has 4 nitrogen and oxygen atoms in total. The number of carboxylic acid groups (broad SMARTS) is 1. The second-order valence-corrected chi connectivity index (χ2v) is 3.00. The number of nitrogens with zero attached hydrogens (tertiary/aromatic N) is 2. The van der Waals surface area contributed by atoms with Gasteiger partial charge < -0.3 is 5.11 Å². The minimum atomic E-state index is -1.01. The molecule has 0 spiro atoms. The van der Waals surface area contributed by atoms with Crippen molar-refractivity contribution < 1.29 is 9.90 Å². The van der Waals surface area contributed by atoms with E-state index in [1.165, 1.54) is 6.07 Å². The zero-order chi connectivity index (χ0) is 10.0. The lowest BCUT2D eigenvalue weighted by Crippen LogP contribution is -2.06. The molecule has 0 aliphatic rings. The predicted octanol–water partition coefficient (Wildman–Crippen LogP) is 1.81. The van der Waals surface area contributed by atoms with Crippen LogP contribution in [0.5, 0.6) is 0 Å². The molecule has 0 radical (unpaired) electrons. The molecular formula is C9H12N2O2. The van der Waals surface area contributed by atoms with Gasteiger partial charge in [0.2, 0.25) is 0 Å². The maximum atomic E-state index is 10.6. The van der Waals surface area contributed by atoms with Gasteiger partial charge in [-0.25, -0.2) is 4.79 Å². The minimum absolute atomic E-state index is 0.0589. The molecule has 0 aliphatic carbocycles. The lowest BCUT2D eigenvalue weighted by Gasteiger charge is -2.06. The van der Waals surface area contributed by atoms with Crippen molar-refractivity contribution in [2.75, 3.05) is 0 Å². The second kappa shape index (κ2) is 3.43. The molecule has 4 heteroatoms. The Morgan fingerprint density at radius 3 is 2.69 bits per heavy atom. The van der Waals surface area contributed by atoms with E-state index in [0.29, 0.717) is 0 Å². The molecule has 0 fully saturated rings. The number of rotatable bonds is 3. The van der Waals surface area contributed by atoms with Gasteiger partial charge in [0.25, 0.3) is 0 Å². The summed E-state index contributed by atoms with van der Waals surface area (Å²) in [5, 5.41) is 12.6. The Hall–Kier alpha value is -1.58. The van der Waals surface area contributed by atoms with Gasteiger partial charge in [0.1, 0.15) is 0 Å². The Morgan fingerprint density at radius 2 is 2.38 bits per heavy atom. The van der Waals surface area contributed by atoms with Crippen molar-refractivity contribution in [3.8, 4) is 0 Å². The summed E-state index contributed by atoms with van der Waals surface area (Å²) >= 11 is 0. The van der Waals surface area contributed by atoms with E-state index in [-0.39, 0.29) is 11.7 Å². The Balaban J connectivity index is 3.19. The highest BCUT2D eigenvalue weighted by Gasteiger charge is 2.12. The van der Waals surface area contributed by atoms with Gasteiger partial charge in [0.15, 0.2) is 5.69 Å². The first-order chi connectivity index (χ1) is 6.06. The molecule has 13 heavy (non-hydrogen) atoms. The molecule has 0 unspecified atom stereocenters. The highest BCUT2D eigenvalue weighted by atomic mass is 16.4. The fourth-order valence-corrected chi connectivity index (χ4v) is 1.08. The smallest absolute Gasteiger partial charge is 0.356 e. The van der Waals surface area contributed by atoms with Crippen molar-refractivity contribution in [1.82, 2.24) is 9.78 Å². The van der Waals surface area contributed by atoms with Crippen LogP contribution in [0, 0.1) is 0 Å². The molecule has 1 heterocycles. The van der Waals surface area contributed by atoms with E-state index in [1.807, 2.05) is 13.8 Å². The lowest BCUT2D eigenvalue weighted by molar-refractivity contribution is 0.0689. The van der Waals surface area contributed by atoms with Crippen LogP contribution in [-0.2, 0) is 0 Å². The molecule has 0 atom stereocenters. The third-order valence-electron chi connectivity index (χ3n) is 1.68. The van der Waals surface area contributed by atoms with Crippen LogP contribution in [0.1, 0.15) is 36.1 Å². The van der Waals surface area contributed by atoms with Crippen molar-refractivity contribution in [1.29, 1.82) is 0 Å². The van der Waals surface area contributed by atoms with E-state index in [4.69, 9.17) is 5.11 Å². The van der Waals surface area contributed by atoms with E-state index in [0.717, 1.165) is 5.69 Å². The van der Waals surface area contributed by atoms with E-state index in [1.54, 1.807) is 10.8 Å². The van der Waals surface area contributed by atoms with Crippen molar-refractivity contribution in [3.63, 3.8) is 0 Å². The monoisotopic (exact) mass is 180 g/mol. The van der Waals surface area contributed by atoms with Crippen LogP contribution >= 0.6 is 0 Å². The number of carboxylic acids is 1. The topological polar surface area (TPSA) is 55.1 Å². The van der Waals surface area contributed by atoms with Crippen LogP contribution in [0.3, 0.4) is 0 Å². The minimum Gasteiger partial charge on any atom is -0.476 e. The number of hydrogen-bond acceptors (Lipinski definition) is 2. The summed E-state index contributed by atoms with van der Waals surface area (Å²) in [7, 11) is 0. The molecule has 0 saturated heterocycles. The van der Waals surface area contributed by atoms with Gasteiger partial charge in [0, 0.05) is 6.04 Å². The number of carbonyl (C=O) groups is 1. The molecule has 0 aliphatic heterocycles. The maximum Gasteiger partial charge on any atom is 0.356 e. The molecule has 1 aromatic rings. The van der Waals surface area contributed by atoms with Gasteiger partial charge >= 0.3 is 5.97 Å². The van der Waals surface area contributed by atoms with Gasteiger partial charge in [-0.3, -0.25) is 4.68 Å². The van der Waals surface area contributed by atoms with Crippen LogP contribution in [-0.4, -0.2) is 20.9 Å². The molecule has 0 amide bonds. The SMILES string of the molecule is C=Cc1cc(C(=O)O)nn1C(C)C. The van der Waals surface area contributed by atoms with Gasteiger partial charge in [-0.1, -0.05) is 6.58 Å². The van der Waals surface area contributed by atoms with E-state index >= 15 is 0 Å². The Labute approximate surface area is 76.5 Å².